The molecule has 4 rings (SSSR count). The molecule has 0 aliphatic heterocycles. The third-order valence-corrected chi connectivity index (χ3v) is 10.4. The van der Waals surface area contributed by atoms with E-state index in [1.54, 1.807) is 0 Å². The fourth-order valence-corrected chi connectivity index (χ4v) is 7.77. The van der Waals surface area contributed by atoms with Crippen molar-refractivity contribution >= 4 is 30.4 Å². The highest BCUT2D eigenvalue weighted by Gasteiger charge is 2.21. The third-order valence-electron chi connectivity index (χ3n) is 8.32. The molecule has 0 bridgehead atoms. The Labute approximate surface area is 286 Å². The van der Waals surface area contributed by atoms with Gasteiger partial charge >= 0.3 is 0 Å². The zero-order valence-corrected chi connectivity index (χ0v) is 30.8. The van der Waals surface area contributed by atoms with E-state index < -0.39 is 8.30 Å². The van der Waals surface area contributed by atoms with Gasteiger partial charge in [0, 0.05) is 73.9 Å². The summed E-state index contributed by atoms with van der Waals surface area (Å²) in [5.41, 5.74) is 7.78. The molecule has 0 fully saturated rings. The second kappa shape index (κ2) is 17.4. The number of fused-ring (bicyclic) bond motifs is 1. The Morgan fingerprint density at radius 2 is 1.17 bits per heavy atom. The van der Waals surface area contributed by atoms with Crippen molar-refractivity contribution < 1.29 is 4.52 Å². The van der Waals surface area contributed by atoms with Gasteiger partial charge in [-0.3, -0.25) is 4.67 Å². The van der Waals surface area contributed by atoms with Crippen LogP contribution in [0.4, 0.5) is 11.4 Å². The number of benzene rings is 4. The van der Waals surface area contributed by atoms with Crippen LogP contribution in [0.15, 0.2) is 78.9 Å². The first-order valence-corrected chi connectivity index (χ1v) is 18.5. The van der Waals surface area contributed by atoms with Crippen molar-refractivity contribution in [1.82, 2.24) is 4.67 Å². The van der Waals surface area contributed by atoms with Crippen molar-refractivity contribution in [2.45, 2.75) is 65.5 Å². The second-order valence-electron chi connectivity index (χ2n) is 13.1. The predicted molar refractivity (Wildman–Crippen MR) is 206 cm³/mol. The summed E-state index contributed by atoms with van der Waals surface area (Å²) in [6.07, 6.45) is 4.19. The molecule has 47 heavy (non-hydrogen) atoms. The average Bonchev–Trinajstić information content (AvgIpc) is 3.04. The fourth-order valence-electron chi connectivity index (χ4n) is 5.95. The van der Waals surface area contributed by atoms with Crippen LogP contribution in [0.25, 0.3) is 10.8 Å². The summed E-state index contributed by atoms with van der Waals surface area (Å²) in [5, 5.41) is 2.31. The Hall–Kier alpha value is -3.79. The van der Waals surface area contributed by atoms with Gasteiger partial charge in [0.25, 0.3) is 0 Å². The number of anilines is 2. The van der Waals surface area contributed by atoms with Crippen LogP contribution in [0.2, 0.25) is 0 Å². The normalized spacial score (nSPS) is 11.7. The Balaban J connectivity index is 1.60. The minimum absolute atomic E-state index is 0.485. The van der Waals surface area contributed by atoms with Crippen LogP contribution in [0.5, 0.6) is 0 Å². The lowest BCUT2D eigenvalue weighted by atomic mass is 9.92. The van der Waals surface area contributed by atoms with Crippen LogP contribution in [-0.4, -0.2) is 58.2 Å². The van der Waals surface area contributed by atoms with E-state index >= 15 is 0 Å². The van der Waals surface area contributed by atoms with Crippen LogP contribution in [0.3, 0.4) is 0 Å². The topological polar surface area (TPSA) is 19.0 Å². The summed E-state index contributed by atoms with van der Waals surface area (Å²) >= 11 is 0. The summed E-state index contributed by atoms with van der Waals surface area (Å²) < 4.78 is 8.82. The number of aryl methyl sites for hydroxylation is 1. The van der Waals surface area contributed by atoms with E-state index in [2.05, 4.69) is 180 Å². The summed E-state index contributed by atoms with van der Waals surface area (Å²) in [7, 11) is 7.64. The zero-order chi connectivity index (χ0) is 33.9. The number of nitrogens with zero attached hydrogens (tertiary/aromatic N) is 3. The standard InChI is InChI=1S/C42H52N3OP/c1-32(2)45(33(3)4)47(9)46-30-14-10-11-15-36-31-37(24-18-34-19-25-38(26-20-34)43(5)6)40-16-12-13-17-42(40)41(36)29-23-35-21-27-39(28-22-35)44(7)8/h12-13,16-17,19-22,25-28,31-33H,10-11,14-15,30H2,1-9H3. The van der Waals surface area contributed by atoms with Crippen molar-refractivity contribution in [3.05, 3.63) is 107 Å². The van der Waals surface area contributed by atoms with Crippen molar-refractivity contribution in [1.29, 1.82) is 0 Å². The monoisotopic (exact) mass is 645 g/mol. The Morgan fingerprint density at radius 3 is 1.70 bits per heavy atom. The molecule has 1 unspecified atom stereocenters. The quantitative estimate of drug-likeness (QED) is 0.0868. The van der Waals surface area contributed by atoms with Crippen LogP contribution >= 0.6 is 8.30 Å². The predicted octanol–water partition coefficient (Wildman–Crippen LogP) is 9.56. The molecule has 5 heteroatoms. The van der Waals surface area contributed by atoms with E-state index in [4.69, 9.17) is 4.52 Å². The van der Waals surface area contributed by atoms with Gasteiger partial charge in [-0.15, -0.1) is 0 Å². The largest absolute Gasteiger partial charge is 0.378 e. The second-order valence-corrected chi connectivity index (χ2v) is 14.7. The average molecular weight is 646 g/mol. The van der Waals surface area contributed by atoms with Crippen molar-refractivity contribution in [3.8, 4) is 23.7 Å². The highest BCUT2D eigenvalue weighted by atomic mass is 31.2. The van der Waals surface area contributed by atoms with Gasteiger partial charge in [-0.1, -0.05) is 54.4 Å². The first-order chi connectivity index (χ1) is 22.5. The molecule has 0 aromatic heterocycles. The Morgan fingerprint density at radius 1 is 0.638 bits per heavy atom. The molecule has 0 N–H and O–H groups in total. The molecule has 0 aliphatic carbocycles. The van der Waals surface area contributed by atoms with E-state index in [1.165, 1.54) is 16.9 Å². The molecule has 0 saturated heterocycles. The number of rotatable bonds is 12. The number of unbranched alkanes of at least 4 members (excludes halogenated alkanes) is 2. The van der Waals surface area contributed by atoms with Gasteiger partial charge in [0.05, 0.1) is 6.61 Å². The minimum Gasteiger partial charge on any atom is -0.378 e. The van der Waals surface area contributed by atoms with Gasteiger partial charge in [0.1, 0.15) is 8.30 Å². The molecule has 4 aromatic rings. The molecular formula is C42H52N3OP. The molecule has 1 atom stereocenters. The summed E-state index contributed by atoms with van der Waals surface area (Å²) in [6.45, 7) is 12.1. The number of hydrogen-bond acceptors (Lipinski definition) is 4. The molecule has 4 nitrogen and oxygen atoms in total. The Bertz CT molecular complexity index is 1710. The lowest BCUT2D eigenvalue weighted by Gasteiger charge is -2.35. The highest BCUT2D eigenvalue weighted by molar-refractivity contribution is 7.49. The van der Waals surface area contributed by atoms with Gasteiger partial charge in [-0.25, -0.2) is 0 Å². The van der Waals surface area contributed by atoms with E-state index in [-0.39, 0.29) is 0 Å². The molecular weight excluding hydrogens is 593 g/mol. The summed E-state index contributed by atoms with van der Waals surface area (Å²) in [6, 6.07) is 28.7. The SMILES string of the molecule is CC(C)N(C(C)C)P(C)OCCCCCc1cc(C#Cc2ccc(N(C)C)cc2)c2ccccc2c1C#Cc1ccc(N(C)C)cc1. The molecule has 0 amide bonds. The first kappa shape index (κ1) is 36.1. The molecule has 0 heterocycles. The summed E-state index contributed by atoms with van der Waals surface area (Å²) in [4.78, 5) is 4.21. The van der Waals surface area contributed by atoms with Gasteiger partial charge in [-0.2, -0.15) is 0 Å². The van der Waals surface area contributed by atoms with E-state index in [9.17, 15) is 0 Å². The van der Waals surface area contributed by atoms with Crippen LogP contribution < -0.4 is 9.80 Å². The molecule has 246 valence electrons. The third kappa shape index (κ3) is 10.1. The lowest BCUT2D eigenvalue weighted by molar-refractivity contribution is 0.252. The maximum absolute atomic E-state index is 6.33. The maximum Gasteiger partial charge on any atom is 0.101 e. The van der Waals surface area contributed by atoms with E-state index in [1.807, 2.05) is 0 Å². The van der Waals surface area contributed by atoms with Crippen LogP contribution in [0.1, 0.15) is 74.8 Å². The van der Waals surface area contributed by atoms with Gasteiger partial charge in [0.2, 0.25) is 0 Å². The van der Waals surface area contributed by atoms with Crippen molar-refractivity contribution in [3.63, 3.8) is 0 Å². The molecule has 0 radical (unpaired) electrons. The fraction of sp³-hybridized carbons (Fsp3) is 0.381. The lowest BCUT2D eigenvalue weighted by Crippen LogP contribution is -2.32. The van der Waals surface area contributed by atoms with Crippen molar-refractivity contribution in [2.24, 2.45) is 0 Å². The minimum atomic E-state index is -0.584. The zero-order valence-electron chi connectivity index (χ0n) is 29.9. The van der Waals surface area contributed by atoms with Crippen LogP contribution in [-0.2, 0) is 10.9 Å². The molecule has 4 aromatic carbocycles. The molecule has 0 aliphatic rings. The van der Waals surface area contributed by atoms with E-state index in [0.29, 0.717) is 12.1 Å². The number of hydrogen-bond donors (Lipinski definition) is 0. The van der Waals surface area contributed by atoms with Gasteiger partial charge < -0.3 is 14.3 Å². The molecule has 0 saturated carbocycles. The van der Waals surface area contributed by atoms with Crippen molar-refractivity contribution in [2.75, 3.05) is 51.3 Å². The van der Waals surface area contributed by atoms with E-state index in [0.717, 1.165) is 65.3 Å². The first-order valence-electron chi connectivity index (χ1n) is 16.8. The van der Waals surface area contributed by atoms with Gasteiger partial charge in [-0.05, 0) is 125 Å². The molecule has 0 spiro atoms. The summed E-state index contributed by atoms with van der Waals surface area (Å²) in [5.74, 6) is 14.0. The maximum atomic E-state index is 6.33. The smallest absolute Gasteiger partial charge is 0.101 e. The van der Waals surface area contributed by atoms with Crippen LogP contribution in [0, 0.1) is 23.7 Å². The van der Waals surface area contributed by atoms with Gasteiger partial charge in [0.15, 0.2) is 0 Å². The highest BCUT2D eigenvalue weighted by Crippen LogP contribution is 2.41. The Kier molecular flexibility index (Phi) is 13.3.